The molecule has 0 spiro atoms. The highest BCUT2D eigenvalue weighted by atomic mass is 35.5. The fraction of sp³-hybridized carbons (Fsp3) is 0.333. The third-order valence-electron chi connectivity index (χ3n) is 1.18. The highest BCUT2D eigenvalue weighted by Crippen LogP contribution is 2.30. The molecule has 0 fully saturated rings. The molecular weight excluding hydrogens is 175 g/mol. The van der Waals surface area contributed by atoms with Crippen LogP contribution in [0.15, 0.2) is 22.9 Å². The molecule has 1 aliphatic rings. The van der Waals surface area contributed by atoms with E-state index in [4.69, 9.17) is 33.4 Å². The van der Waals surface area contributed by atoms with Crippen LogP contribution in [0.5, 0.6) is 0 Å². The first-order chi connectivity index (χ1) is 4.51. The molecule has 1 rings (SSSR count). The van der Waals surface area contributed by atoms with Gasteiger partial charge < -0.3 is 10.2 Å². The summed E-state index contributed by atoms with van der Waals surface area (Å²) in [7, 11) is 0. The molecule has 2 nitrogen and oxygen atoms in total. The second kappa shape index (κ2) is 2.46. The lowest BCUT2D eigenvalue weighted by atomic mass is 10.1. The van der Waals surface area contributed by atoms with Crippen molar-refractivity contribution in [3.8, 4) is 0 Å². The van der Waals surface area contributed by atoms with Gasteiger partial charge in [0.2, 0.25) is 0 Å². The summed E-state index contributed by atoms with van der Waals surface area (Å²) in [5.41, 5.74) is 0. The van der Waals surface area contributed by atoms with Gasteiger partial charge >= 0.3 is 0 Å². The van der Waals surface area contributed by atoms with Crippen LogP contribution in [-0.4, -0.2) is 15.3 Å². The van der Waals surface area contributed by atoms with Crippen LogP contribution in [0.4, 0.5) is 0 Å². The second-order valence-corrected chi connectivity index (χ2v) is 3.23. The van der Waals surface area contributed by atoms with Gasteiger partial charge in [-0.1, -0.05) is 23.2 Å². The third kappa shape index (κ3) is 1.66. The van der Waals surface area contributed by atoms with Crippen LogP contribution in [0.25, 0.3) is 0 Å². The van der Waals surface area contributed by atoms with Crippen molar-refractivity contribution in [1.82, 2.24) is 0 Å². The summed E-state index contributed by atoms with van der Waals surface area (Å²) in [5.74, 6) is -0.0352. The normalized spacial score (nSPS) is 33.1. The minimum absolute atomic E-state index is 0.0352. The Morgan fingerprint density at radius 3 is 2.60 bits per heavy atom. The Morgan fingerprint density at radius 1 is 1.60 bits per heavy atom. The van der Waals surface area contributed by atoms with E-state index in [2.05, 4.69) is 0 Å². The van der Waals surface area contributed by atoms with Crippen LogP contribution in [0.1, 0.15) is 6.42 Å². The quantitative estimate of drug-likeness (QED) is 0.560. The minimum atomic E-state index is -1.43. The smallest absolute Gasteiger partial charge is 0.162 e. The summed E-state index contributed by atoms with van der Waals surface area (Å²) in [6.07, 6.45) is 2.62. The molecule has 0 aromatic rings. The van der Waals surface area contributed by atoms with Gasteiger partial charge in [-0.15, -0.1) is 0 Å². The molecule has 2 N–H and O–H groups in total. The number of allylic oxidation sites excluding steroid dienone is 1. The number of hydrogen-bond acceptors (Lipinski definition) is 2. The van der Waals surface area contributed by atoms with Gasteiger partial charge in [0.25, 0.3) is 0 Å². The maximum Gasteiger partial charge on any atom is 0.162 e. The summed E-state index contributed by atoms with van der Waals surface area (Å²) in [6, 6.07) is 0. The van der Waals surface area contributed by atoms with Crippen LogP contribution in [-0.2, 0) is 0 Å². The van der Waals surface area contributed by atoms with Gasteiger partial charge in [-0.05, 0) is 12.2 Å². The maximum atomic E-state index is 9.11. The fourth-order valence-corrected chi connectivity index (χ4v) is 1.20. The zero-order valence-corrected chi connectivity index (χ0v) is 6.52. The Kier molecular flexibility index (Phi) is 1.95. The van der Waals surface area contributed by atoms with Gasteiger partial charge in [0.1, 0.15) is 5.76 Å². The van der Waals surface area contributed by atoms with E-state index in [1.807, 2.05) is 0 Å². The molecule has 0 saturated carbocycles. The van der Waals surface area contributed by atoms with E-state index in [1.54, 1.807) is 0 Å². The van der Waals surface area contributed by atoms with Crippen LogP contribution in [0.2, 0.25) is 0 Å². The third-order valence-corrected chi connectivity index (χ3v) is 1.76. The zero-order valence-electron chi connectivity index (χ0n) is 5.01. The Hall–Kier alpha value is -0.180. The predicted molar refractivity (Wildman–Crippen MR) is 40.1 cm³/mol. The van der Waals surface area contributed by atoms with E-state index in [-0.39, 0.29) is 17.2 Å². The van der Waals surface area contributed by atoms with Gasteiger partial charge in [-0.25, -0.2) is 0 Å². The molecular formula is C6H6Cl2O2. The monoisotopic (exact) mass is 180 g/mol. The lowest BCUT2D eigenvalue weighted by Gasteiger charge is -2.19. The van der Waals surface area contributed by atoms with Crippen molar-refractivity contribution in [2.75, 3.05) is 0 Å². The van der Waals surface area contributed by atoms with E-state index in [9.17, 15) is 0 Å². The van der Waals surface area contributed by atoms with Crippen LogP contribution < -0.4 is 0 Å². The van der Waals surface area contributed by atoms with E-state index in [0.717, 1.165) is 0 Å². The molecule has 1 unspecified atom stereocenters. The van der Waals surface area contributed by atoms with Crippen LogP contribution >= 0.6 is 23.2 Å². The summed E-state index contributed by atoms with van der Waals surface area (Å²) in [6.45, 7) is 0. The van der Waals surface area contributed by atoms with Crippen molar-refractivity contribution < 1.29 is 10.2 Å². The van der Waals surface area contributed by atoms with E-state index in [1.165, 1.54) is 12.2 Å². The number of alkyl halides is 1. The summed E-state index contributed by atoms with van der Waals surface area (Å²) in [4.78, 5) is 0. The molecule has 0 amide bonds. The molecule has 0 aromatic heterocycles. The predicted octanol–water partition coefficient (Wildman–Crippen LogP) is 1.88. The van der Waals surface area contributed by atoms with Crippen molar-refractivity contribution in [2.45, 2.75) is 11.5 Å². The molecule has 0 radical (unpaired) electrons. The van der Waals surface area contributed by atoms with Crippen molar-refractivity contribution >= 4 is 23.2 Å². The number of halogens is 2. The average molecular weight is 181 g/mol. The Balaban J connectivity index is 2.85. The van der Waals surface area contributed by atoms with Crippen LogP contribution in [0, 0.1) is 0 Å². The summed E-state index contributed by atoms with van der Waals surface area (Å²) >= 11 is 11.0. The second-order valence-electron chi connectivity index (χ2n) is 2.12. The first-order valence-electron chi connectivity index (χ1n) is 2.69. The number of aliphatic hydroxyl groups excluding tert-OH is 1. The molecule has 1 atom stereocenters. The van der Waals surface area contributed by atoms with E-state index < -0.39 is 5.06 Å². The maximum absolute atomic E-state index is 9.11. The van der Waals surface area contributed by atoms with Gasteiger partial charge in [0, 0.05) is 6.42 Å². The van der Waals surface area contributed by atoms with Crippen LogP contribution in [0.3, 0.4) is 0 Å². The molecule has 56 valence electrons. The molecule has 0 bridgehead atoms. The van der Waals surface area contributed by atoms with E-state index >= 15 is 0 Å². The number of aliphatic hydroxyl groups is 2. The Bertz CT molecular complexity index is 206. The molecule has 0 saturated heterocycles. The van der Waals surface area contributed by atoms with E-state index in [0.29, 0.717) is 0 Å². The standard InChI is InChI=1S/C6H6Cl2O2/c7-4-3-6(8,10)2-1-5(4)9/h1-2,9-10H,3H2. The lowest BCUT2D eigenvalue weighted by Crippen LogP contribution is -2.19. The molecule has 1 aliphatic carbocycles. The Morgan fingerprint density at radius 2 is 2.20 bits per heavy atom. The molecule has 10 heavy (non-hydrogen) atoms. The summed E-state index contributed by atoms with van der Waals surface area (Å²) in [5, 5.41) is 16.8. The van der Waals surface area contributed by atoms with Gasteiger partial charge in [-0.3, -0.25) is 0 Å². The largest absolute Gasteiger partial charge is 0.507 e. The topological polar surface area (TPSA) is 40.5 Å². The molecule has 0 heterocycles. The molecule has 0 aromatic carbocycles. The first kappa shape index (κ1) is 7.92. The van der Waals surface area contributed by atoms with Gasteiger partial charge in [0.05, 0.1) is 5.03 Å². The van der Waals surface area contributed by atoms with Gasteiger partial charge in [0.15, 0.2) is 5.06 Å². The number of hydrogen-bond donors (Lipinski definition) is 2. The summed E-state index contributed by atoms with van der Waals surface area (Å²) < 4.78 is 0. The SMILES string of the molecule is OC1=C(Cl)CC(O)(Cl)C=C1. The highest BCUT2D eigenvalue weighted by molar-refractivity contribution is 6.32. The molecule has 4 heteroatoms. The average Bonchev–Trinajstić information content (AvgIpc) is 1.79. The van der Waals surface area contributed by atoms with Crippen molar-refractivity contribution in [2.24, 2.45) is 0 Å². The zero-order chi connectivity index (χ0) is 7.78. The Labute approximate surface area is 68.4 Å². The molecule has 0 aliphatic heterocycles. The van der Waals surface area contributed by atoms with Crippen molar-refractivity contribution in [1.29, 1.82) is 0 Å². The van der Waals surface area contributed by atoms with Crippen molar-refractivity contribution in [3.63, 3.8) is 0 Å². The lowest BCUT2D eigenvalue weighted by molar-refractivity contribution is 0.177. The highest BCUT2D eigenvalue weighted by Gasteiger charge is 2.25. The van der Waals surface area contributed by atoms with Gasteiger partial charge in [-0.2, -0.15) is 0 Å². The van der Waals surface area contributed by atoms with Crippen molar-refractivity contribution in [3.05, 3.63) is 22.9 Å². The minimum Gasteiger partial charge on any atom is -0.507 e. The number of rotatable bonds is 0. The fourth-order valence-electron chi connectivity index (χ4n) is 0.664. The first-order valence-corrected chi connectivity index (χ1v) is 3.45.